The quantitative estimate of drug-likeness (QED) is 0.363. The molecule has 0 fully saturated rings. The largest absolute Gasteiger partial charge is 0.481 e. The predicted molar refractivity (Wildman–Crippen MR) is 84.3 cm³/mol. The van der Waals surface area contributed by atoms with Crippen molar-refractivity contribution in [1.29, 1.82) is 0 Å². The fourth-order valence-corrected chi connectivity index (χ4v) is 1.46. The minimum Gasteiger partial charge on any atom is -0.481 e. The fraction of sp³-hybridized carbons (Fsp3) is 0.727. The molecule has 0 amide bonds. The Kier molecular flexibility index (Phi) is 14.4. The zero-order valence-corrected chi connectivity index (χ0v) is 14.0. The standard InChI is InChI=1S/C7H12O4S3.C4H8O2/c1-2-6(14(9)10)7(8)11-3-5(13)4-12;1-2-3-4(5)6/h5,12-13H,2-4H2,1H3;2-3H2,1H3,(H,5,6). The average Bonchev–Trinajstić information content (AvgIpc) is 2.36. The van der Waals surface area contributed by atoms with E-state index in [0.29, 0.717) is 12.2 Å². The van der Waals surface area contributed by atoms with E-state index < -0.39 is 22.2 Å². The number of carbonyl (C=O) groups is 2. The second-order valence-corrected chi connectivity index (χ2v) is 5.65. The highest BCUT2D eigenvalue weighted by Gasteiger charge is 2.14. The molecular formula is C11H20O6S3. The van der Waals surface area contributed by atoms with Crippen LogP contribution in [-0.2, 0) is 24.6 Å². The Labute approximate surface area is 131 Å². The fourth-order valence-electron chi connectivity index (χ4n) is 0.849. The van der Waals surface area contributed by atoms with Crippen LogP contribution in [0.15, 0.2) is 0 Å². The minimum absolute atomic E-state index is 0.0617. The number of carboxylic acids is 1. The molecule has 0 aromatic carbocycles. The van der Waals surface area contributed by atoms with Crippen molar-refractivity contribution in [3.05, 3.63) is 0 Å². The molecule has 0 aliphatic heterocycles. The lowest BCUT2D eigenvalue weighted by molar-refractivity contribution is -0.137. The summed E-state index contributed by atoms with van der Waals surface area (Å²) in [5, 5.41) is 7.73. The molecule has 0 radical (unpaired) electrons. The first-order valence-electron chi connectivity index (χ1n) is 5.92. The molecule has 20 heavy (non-hydrogen) atoms. The lowest BCUT2D eigenvalue weighted by atomic mass is 10.3. The van der Waals surface area contributed by atoms with Gasteiger partial charge in [0.1, 0.15) is 6.61 Å². The highest BCUT2D eigenvalue weighted by Crippen LogP contribution is 1.99. The predicted octanol–water partition coefficient (Wildman–Crippen LogP) is 1.09. The van der Waals surface area contributed by atoms with Gasteiger partial charge in [0.15, 0.2) is 4.86 Å². The van der Waals surface area contributed by atoms with E-state index in [1.54, 1.807) is 6.92 Å². The first kappa shape index (κ1) is 21.6. The van der Waals surface area contributed by atoms with E-state index in [4.69, 9.17) is 9.84 Å². The van der Waals surface area contributed by atoms with Gasteiger partial charge in [0.05, 0.1) is 0 Å². The number of hydrogen-bond acceptors (Lipinski definition) is 7. The molecule has 0 saturated carbocycles. The summed E-state index contributed by atoms with van der Waals surface area (Å²) in [6.07, 6.45) is 1.16. The molecule has 0 heterocycles. The molecule has 1 N–H and O–H groups in total. The Morgan fingerprint density at radius 1 is 1.30 bits per heavy atom. The third-order valence-corrected chi connectivity index (χ3v) is 3.75. The number of ether oxygens (including phenoxy) is 1. The second kappa shape index (κ2) is 13.3. The second-order valence-electron chi connectivity index (χ2n) is 3.59. The molecule has 1 atom stereocenters. The van der Waals surface area contributed by atoms with Crippen LogP contribution in [0.4, 0.5) is 0 Å². The van der Waals surface area contributed by atoms with Crippen molar-refractivity contribution in [2.75, 3.05) is 12.4 Å². The monoisotopic (exact) mass is 344 g/mol. The van der Waals surface area contributed by atoms with Crippen molar-refractivity contribution in [3.63, 3.8) is 0 Å². The van der Waals surface area contributed by atoms with Crippen molar-refractivity contribution in [1.82, 2.24) is 0 Å². The SMILES string of the molecule is CCC(C(=O)OCC(S)CS)=S(=O)=O.CCCC(=O)O. The van der Waals surface area contributed by atoms with E-state index in [-0.39, 0.29) is 23.1 Å². The molecule has 0 bridgehead atoms. The van der Waals surface area contributed by atoms with Crippen molar-refractivity contribution in [2.45, 2.75) is 38.4 Å². The molecule has 0 aliphatic carbocycles. The van der Waals surface area contributed by atoms with Gasteiger partial charge in [-0.15, -0.1) is 0 Å². The first-order chi connectivity index (χ1) is 9.29. The first-order valence-corrected chi connectivity index (χ1v) is 8.15. The maximum atomic E-state index is 11.1. The van der Waals surface area contributed by atoms with Crippen molar-refractivity contribution < 1.29 is 27.9 Å². The molecule has 118 valence electrons. The van der Waals surface area contributed by atoms with Crippen molar-refractivity contribution >= 4 is 52.4 Å². The molecule has 0 aliphatic rings. The van der Waals surface area contributed by atoms with Crippen molar-refractivity contribution in [2.24, 2.45) is 0 Å². The molecule has 0 spiro atoms. The van der Waals surface area contributed by atoms with Gasteiger partial charge >= 0.3 is 11.9 Å². The number of carboxylic acid groups (broad SMARTS) is 1. The van der Waals surface area contributed by atoms with Gasteiger partial charge in [0.25, 0.3) is 0 Å². The van der Waals surface area contributed by atoms with Crippen LogP contribution in [0.5, 0.6) is 0 Å². The lowest BCUT2D eigenvalue weighted by Crippen LogP contribution is -2.22. The van der Waals surface area contributed by atoms with Crippen LogP contribution in [0.3, 0.4) is 0 Å². The van der Waals surface area contributed by atoms with E-state index >= 15 is 0 Å². The molecule has 9 heteroatoms. The topological polar surface area (TPSA) is 97.7 Å². The van der Waals surface area contributed by atoms with E-state index in [1.165, 1.54) is 0 Å². The molecule has 0 saturated heterocycles. The van der Waals surface area contributed by atoms with E-state index in [1.807, 2.05) is 6.92 Å². The smallest absolute Gasteiger partial charge is 0.349 e. The van der Waals surface area contributed by atoms with E-state index in [0.717, 1.165) is 6.42 Å². The summed E-state index contributed by atoms with van der Waals surface area (Å²) in [4.78, 5) is 20.5. The number of carbonyl (C=O) groups excluding carboxylic acids is 1. The summed E-state index contributed by atoms with van der Waals surface area (Å²) < 4.78 is 25.7. The average molecular weight is 344 g/mol. The van der Waals surface area contributed by atoms with Crippen LogP contribution in [0, 0.1) is 0 Å². The number of aliphatic carboxylic acids is 1. The minimum atomic E-state index is -2.50. The van der Waals surface area contributed by atoms with E-state index in [9.17, 15) is 18.0 Å². The van der Waals surface area contributed by atoms with Gasteiger partial charge < -0.3 is 9.84 Å². The highest BCUT2D eigenvalue weighted by molar-refractivity contribution is 7.84. The van der Waals surface area contributed by atoms with E-state index in [2.05, 4.69) is 25.3 Å². The summed E-state index contributed by atoms with van der Waals surface area (Å²) in [6, 6.07) is 0. The van der Waals surface area contributed by atoms with Gasteiger partial charge in [-0.3, -0.25) is 4.79 Å². The van der Waals surface area contributed by atoms with Crippen LogP contribution >= 0.6 is 25.3 Å². The molecule has 6 nitrogen and oxygen atoms in total. The Hall–Kier alpha value is -0.670. The Morgan fingerprint density at radius 3 is 2.10 bits per heavy atom. The number of hydrogen-bond donors (Lipinski definition) is 3. The van der Waals surface area contributed by atoms with Crippen LogP contribution in [-0.4, -0.2) is 47.9 Å². The zero-order chi connectivity index (χ0) is 16.1. The number of thiol groups is 2. The van der Waals surface area contributed by atoms with Gasteiger partial charge in [0.2, 0.25) is 10.3 Å². The lowest BCUT2D eigenvalue weighted by Gasteiger charge is -2.07. The summed E-state index contributed by atoms with van der Waals surface area (Å²) in [7, 11) is -2.50. The zero-order valence-electron chi connectivity index (χ0n) is 11.4. The van der Waals surface area contributed by atoms with Crippen LogP contribution in [0.25, 0.3) is 0 Å². The molecule has 1 unspecified atom stereocenters. The summed E-state index contributed by atoms with van der Waals surface area (Å²) in [5.41, 5.74) is 0. The Bertz CT molecular complexity index is 421. The van der Waals surface area contributed by atoms with Gasteiger partial charge in [-0.1, -0.05) is 13.8 Å². The number of esters is 1. The third-order valence-electron chi connectivity index (χ3n) is 1.83. The van der Waals surface area contributed by atoms with Crippen molar-refractivity contribution in [3.8, 4) is 0 Å². The maximum Gasteiger partial charge on any atom is 0.349 e. The molecule has 0 aromatic rings. The molecule has 0 aromatic heterocycles. The van der Waals surface area contributed by atoms with Crippen LogP contribution in [0.2, 0.25) is 0 Å². The Morgan fingerprint density at radius 2 is 1.85 bits per heavy atom. The van der Waals surface area contributed by atoms with Crippen LogP contribution < -0.4 is 0 Å². The third kappa shape index (κ3) is 12.4. The van der Waals surface area contributed by atoms with Gasteiger partial charge in [-0.05, 0) is 12.8 Å². The maximum absolute atomic E-state index is 11.1. The summed E-state index contributed by atoms with van der Waals surface area (Å²) in [5.74, 6) is -1.06. The van der Waals surface area contributed by atoms with Gasteiger partial charge in [0, 0.05) is 17.4 Å². The molecular weight excluding hydrogens is 324 g/mol. The van der Waals surface area contributed by atoms with Gasteiger partial charge in [-0.2, -0.15) is 33.7 Å². The van der Waals surface area contributed by atoms with Crippen LogP contribution in [0.1, 0.15) is 33.1 Å². The van der Waals surface area contributed by atoms with Gasteiger partial charge in [-0.25, -0.2) is 4.79 Å². The molecule has 0 rings (SSSR count). The summed E-state index contributed by atoms with van der Waals surface area (Å²) in [6.45, 7) is 3.48. The summed E-state index contributed by atoms with van der Waals surface area (Å²) >= 11 is 7.97. The normalized spacial score (nSPS) is 10.8. The number of rotatable bonds is 7. The highest BCUT2D eigenvalue weighted by atomic mass is 32.2. The Balaban J connectivity index is 0.